The molecule has 1 saturated heterocycles. The maximum absolute atomic E-state index is 15.0. The van der Waals surface area contributed by atoms with Crippen LogP contribution in [0.1, 0.15) is 40.9 Å². The molecule has 2 atom stereocenters. The molecule has 6 rings (SSSR count). The number of nitrogens with zero attached hydrogens (tertiary/aromatic N) is 4. The minimum atomic E-state index is -0.468. The number of piperazine rings is 1. The minimum absolute atomic E-state index is 0.0130. The van der Waals surface area contributed by atoms with Gasteiger partial charge in [0.05, 0.1) is 28.5 Å². The molecule has 2 N–H and O–H groups in total. The highest BCUT2D eigenvalue weighted by atomic mass is 35.5. The smallest absolute Gasteiger partial charge is 0.253 e. The van der Waals surface area contributed by atoms with E-state index in [1.165, 1.54) is 6.07 Å². The number of amides is 1. The van der Waals surface area contributed by atoms with Gasteiger partial charge in [-0.15, -0.1) is 0 Å². The summed E-state index contributed by atoms with van der Waals surface area (Å²) in [5, 5.41) is 7.43. The summed E-state index contributed by atoms with van der Waals surface area (Å²) in [5.41, 5.74) is 4.81. The average Bonchev–Trinajstić information content (AvgIpc) is 3.09. The van der Waals surface area contributed by atoms with E-state index >= 15 is 0 Å². The van der Waals surface area contributed by atoms with Gasteiger partial charge in [0.1, 0.15) is 5.82 Å². The normalized spacial score (nSPS) is 18.2. The fourth-order valence-corrected chi connectivity index (χ4v) is 5.85. The zero-order valence-corrected chi connectivity index (χ0v) is 24.0. The molecule has 0 bridgehead atoms. The Bertz CT molecular complexity index is 1650. The Kier molecular flexibility index (Phi) is 7.46. The van der Waals surface area contributed by atoms with E-state index in [2.05, 4.69) is 29.5 Å². The van der Waals surface area contributed by atoms with Gasteiger partial charge in [0, 0.05) is 64.3 Å². The number of carbonyl (C=O) groups excluding carboxylic acids is 1. The van der Waals surface area contributed by atoms with Gasteiger partial charge in [-0.2, -0.15) is 0 Å². The van der Waals surface area contributed by atoms with Crippen LogP contribution in [-0.2, 0) is 6.54 Å². The van der Waals surface area contributed by atoms with E-state index in [-0.39, 0.29) is 35.1 Å². The summed E-state index contributed by atoms with van der Waals surface area (Å²) in [4.78, 5) is 29.0. The van der Waals surface area contributed by atoms with Gasteiger partial charge in [-0.3, -0.25) is 9.79 Å². The number of halogens is 3. The average molecular weight is 590 g/mol. The van der Waals surface area contributed by atoms with Crippen molar-refractivity contribution in [1.82, 2.24) is 20.2 Å². The summed E-state index contributed by atoms with van der Waals surface area (Å²) in [7, 11) is 0. The lowest BCUT2D eigenvalue weighted by Gasteiger charge is -2.36. The fourth-order valence-electron chi connectivity index (χ4n) is 5.42. The fraction of sp³-hybridized carbons (Fsp3) is 0.226. The van der Waals surface area contributed by atoms with Crippen LogP contribution < -0.4 is 10.6 Å². The number of rotatable bonds is 4. The molecule has 3 aromatic carbocycles. The summed E-state index contributed by atoms with van der Waals surface area (Å²) in [6, 6.07) is 17.7. The molecule has 4 aromatic rings. The van der Waals surface area contributed by atoms with Crippen LogP contribution in [0.15, 0.2) is 71.9 Å². The molecule has 0 radical (unpaired) electrons. The molecule has 2 aliphatic heterocycles. The van der Waals surface area contributed by atoms with Crippen molar-refractivity contribution in [3.8, 4) is 11.3 Å². The Balaban J connectivity index is 1.29. The Hall–Kier alpha value is -3.85. The molecule has 1 fully saturated rings. The van der Waals surface area contributed by atoms with E-state index in [0.717, 1.165) is 16.8 Å². The third-order valence-corrected chi connectivity index (χ3v) is 7.75. The van der Waals surface area contributed by atoms with Crippen LogP contribution >= 0.6 is 23.2 Å². The van der Waals surface area contributed by atoms with Gasteiger partial charge in [-0.25, -0.2) is 14.4 Å². The van der Waals surface area contributed by atoms with Crippen LogP contribution in [-0.4, -0.2) is 51.7 Å². The zero-order chi connectivity index (χ0) is 28.7. The van der Waals surface area contributed by atoms with Gasteiger partial charge in [0.25, 0.3) is 5.91 Å². The number of nitrogens with one attached hydrogen (secondary N) is 2. The van der Waals surface area contributed by atoms with Crippen molar-refractivity contribution < 1.29 is 9.18 Å². The van der Waals surface area contributed by atoms with Crippen LogP contribution in [0.2, 0.25) is 10.0 Å². The first kappa shape index (κ1) is 27.3. The summed E-state index contributed by atoms with van der Waals surface area (Å²) < 4.78 is 15.0. The molecule has 0 aliphatic carbocycles. The van der Waals surface area contributed by atoms with Crippen LogP contribution in [0.3, 0.4) is 0 Å². The lowest BCUT2D eigenvalue weighted by atomic mass is 9.95. The third kappa shape index (κ3) is 5.55. The minimum Gasteiger partial charge on any atom is -0.336 e. The monoisotopic (exact) mass is 588 g/mol. The van der Waals surface area contributed by atoms with E-state index in [0.29, 0.717) is 46.6 Å². The molecular formula is C31H27Cl2FN6O. The first-order chi connectivity index (χ1) is 19.8. The van der Waals surface area contributed by atoms with Crippen LogP contribution in [0.25, 0.3) is 11.3 Å². The van der Waals surface area contributed by atoms with E-state index < -0.39 is 5.82 Å². The second-order valence-electron chi connectivity index (χ2n) is 10.4. The predicted octanol–water partition coefficient (Wildman–Crippen LogP) is 6.51. The number of aromatic nitrogens is 2. The van der Waals surface area contributed by atoms with E-state index in [1.54, 1.807) is 42.6 Å². The molecule has 3 heterocycles. The lowest BCUT2D eigenvalue weighted by molar-refractivity contribution is 0.0674. The molecule has 2 aliphatic rings. The Morgan fingerprint density at radius 1 is 1.02 bits per heavy atom. The van der Waals surface area contributed by atoms with Crippen molar-refractivity contribution >= 4 is 46.5 Å². The van der Waals surface area contributed by atoms with Gasteiger partial charge in [-0.1, -0.05) is 35.3 Å². The molecular weight excluding hydrogens is 562 g/mol. The molecule has 41 heavy (non-hydrogen) atoms. The Morgan fingerprint density at radius 2 is 1.78 bits per heavy atom. The maximum Gasteiger partial charge on any atom is 0.253 e. The molecule has 208 valence electrons. The number of carbonyl (C=O) groups is 1. The van der Waals surface area contributed by atoms with E-state index in [1.807, 2.05) is 23.1 Å². The van der Waals surface area contributed by atoms with Crippen molar-refractivity contribution in [2.45, 2.75) is 32.5 Å². The highest BCUT2D eigenvalue weighted by molar-refractivity contribution is 6.36. The highest BCUT2D eigenvalue weighted by Gasteiger charge is 2.26. The zero-order valence-electron chi connectivity index (χ0n) is 22.5. The number of anilines is 2. The lowest BCUT2D eigenvalue weighted by Crippen LogP contribution is -2.55. The first-order valence-electron chi connectivity index (χ1n) is 13.3. The van der Waals surface area contributed by atoms with Gasteiger partial charge < -0.3 is 15.5 Å². The number of benzene rings is 3. The quantitative estimate of drug-likeness (QED) is 0.284. The molecule has 1 amide bonds. The standard InChI is InChI=1S/C31H27Cl2FN6O/c1-17-15-40(16-18(2)37-17)30(41)19-6-9-22(10-7-19)38-31-36-14-20-13-35-29(27-25(33)4-3-5-26(27)34)24-12-21(32)8-11-23(24)28(20)39-31/h3-12,14,17-18,37H,13,15-16H2,1-2H3,(H,36,38,39). The Labute approximate surface area is 247 Å². The van der Waals surface area contributed by atoms with Crippen LogP contribution in [0.5, 0.6) is 0 Å². The number of hydrogen-bond donors (Lipinski definition) is 2. The molecule has 10 heteroatoms. The van der Waals surface area contributed by atoms with Crippen molar-refractivity contribution in [3.63, 3.8) is 0 Å². The van der Waals surface area contributed by atoms with Gasteiger partial charge >= 0.3 is 0 Å². The van der Waals surface area contributed by atoms with Crippen LogP contribution in [0.4, 0.5) is 16.0 Å². The molecule has 7 nitrogen and oxygen atoms in total. The van der Waals surface area contributed by atoms with E-state index in [4.69, 9.17) is 33.2 Å². The van der Waals surface area contributed by atoms with Crippen molar-refractivity contribution in [1.29, 1.82) is 0 Å². The maximum atomic E-state index is 15.0. The predicted molar refractivity (Wildman–Crippen MR) is 161 cm³/mol. The van der Waals surface area contributed by atoms with Crippen molar-refractivity contribution in [3.05, 3.63) is 105 Å². The topological polar surface area (TPSA) is 82.5 Å². The summed E-state index contributed by atoms with van der Waals surface area (Å²) in [5.74, 6) is -0.0793. The summed E-state index contributed by atoms with van der Waals surface area (Å²) in [6.45, 7) is 5.75. The number of fused-ring (bicyclic) bond motifs is 3. The summed E-state index contributed by atoms with van der Waals surface area (Å²) in [6.07, 6.45) is 1.71. The first-order valence-corrected chi connectivity index (χ1v) is 14.1. The SMILES string of the molecule is CC1CN(C(=O)c2ccc(Nc3ncc4c(n3)-c3ccc(Cl)cc3C(c3c(F)cccc3Cl)=NC4)cc2)CC(C)N1. The summed E-state index contributed by atoms with van der Waals surface area (Å²) >= 11 is 12.8. The van der Waals surface area contributed by atoms with E-state index in [9.17, 15) is 9.18 Å². The molecule has 0 spiro atoms. The Morgan fingerprint density at radius 3 is 2.51 bits per heavy atom. The second-order valence-corrected chi connectivity index (χ2v) is 11.2. The number of hydrogen-bond acceptors (Lipinski definition) is 6. The third-order valence-electron chi connectivity index (χ3n) is 7.20. The van der Waals surface area contributed by atoms with Gasteiger partial charge in [0.2, 0.25) is 5.95 Å². The highest BCUT2D eigenvalue weighted by Crippen LogP contribution is 2.35. The van der Waals surface area contributed by atoms with Crippen LogP contribution in [0, 0.1) is 5.82 Å². The molecule has 0 saturated carbocycles. The molecule has 2 unspecified atom stereocenters. The largest absolute Gasteiger partial charge is 0.336 e. The van der Waals surface area contributed by atoms with Crippen molar-refractivity contribution in [2.24, 2.45) is 4.99 Å². The second kappa shape index (κ2) is 11.2. The van der Waals surface area contributed by atoms with Crippen molar-refractivity contribution in [2.75, 3.05) is 18.4 Å². The molecule has 1 aromatic heterocycles. The van der Waals surface area contributed by atoms with Gasteiger partial charge in [-0.05, 0) is 62.4 Å². The van der Waals surface area contributed by atoms with Gasteiger partial charge in [0.15, 0.2) is 0 Å². The number of aliphatic imine (C=N–C) groups is 1.